The smallest absolute Gasteiger partial charge is 0.335 e. The van der Waals surface area contributed by atoms with Crippen molar-refractivity contribution in [2.75, 3.05) is 12.4 Å². The minimum Gasteiger partial charge on any atom is -0.478 e. The fourth-order valence-corrected chi connectivity index (χ4v) is 2.96. The third kappa shape index (κ3) is 1.91. The standard InChI is InChI=1S/C15H11BrN2O2/c1-17-14-13-10-3-2-8(15(19)20)6-9(10)7-12(16)11(13)4-5-18-14/h2-7H,1H3,(H,17,18)(H,19,20). The number of hydrogen-bond donors (Lipinski definition) is 2. The summed E-state index contributed by atoms with van der Waals surface area (Å²) in [5.41, 5.74) is 0.277. The van der Waals surface area contributed by atoms with Gasteiger partial charge in [0.1, 0.15) is 5.82 Å². The lowest BCUT2D eigenvalue weighted by molar-refractivity contribution is 0.0697. The highest BCUT2D eigenvalue weighted by Crippen LogP contribution is 2.35. The molecule has 0 aliphatic heterocycles. The summed E-state index contributed by atoms with van der Waals surface area (Å²) in [6, 6.07) is 8.99. The van der Waals surface area contributed by atoms with Crippen LogP contribution in [-0.4, -0.2) is 23.1 Å². The zero-order chi connectivity index (χ0) is 14.3. The van der Waals surface area contributed by atoms with E-state index in [2.05, 4.69) is 26.2 Å². The Morgan fingerprint density at radius 3 is 2.75 bits per heavy atom. The van der Waals surface area contributed by atoms with Crippen LogP contribution < -0.4 is 5.32 Å². The molecule has 0 radical (unpaired) electrons. The molecule has 0 aliphatic rings. The molecule has 0 unspecified atom stereocenters. The van der Waals surface area contributed by atoms with Gasteiger partial charge in [0.25, 0.3) is 0 Å². The summed E-state index contributed by atoms with van der Waals surface area (Å²) in [4.78, 5) is 15.4. The molecule has 3 rings (SSSR count). The quantitative estimate of drug-likeness (QED) is 0.700. The molecular formula is C15H11BrN2O2. The average Bonchev–Trinajstić information content (AvgIpc) is 2.46. The van der Waals surface area contributed by atoms with Crippen LogP contribution >= 0.6 is 15.9 Å². The van der Waals surface area contributed by atoms with Gasteiger partial charge in [-0.1, -0.05) is 22.0 Å². The van der Waals surface area contributed by atoms with Crippen molar-refractivity contribution in [1.29, 1.82) is 0 Å². The molecule has 0 bridgehead atoms. The SMILES string of the molecule is CNc1nccc2c(Br)cc3cc(C(=O)O)ccc3c12. The Morgan fingerprint density at radius 2 is 2.05 bits per heavy atom. The van der Waals surface area contributed by atoms with E-state index in [0.717, 1.165) is 31.8 Å². The molecular weight excluding hydrogens is 320 g/mol. The van der Waals surface area contributed by atoms with Crippen LogP contribution in [0, 0.1) is 0 Å². The number of carboxylic acid groups (broad SMARTS) is 1. The van der Waals surface area contributed by atoms with Crippen molar-refractivity contribution in [3.63, 3.8) is 0 Å². The van der Waals surface area contributed by atoms with Crippen molar-refractivity contribution in [2.24, 2.45) is 0 Å². The second kappa shape index (κ2) is 4.76. The van der Waals surface area contributed by atoms with Crippen LogP contribution in [0.1, 0.15) is 10.4 Å². The zero-order valence-corrected chi connectivity index (χ0v) is 12.2. The van der Waals surface area contributed by atoms with Gasteiger partial charge in [-0.3, -0.25) is 0 Å². The van der Waals surface area contributed by atoms with Crippen LogP contribution in [0.15, 0.2) is 41.0 Å². The molecule has 0 saturated carbocycles. The highest BCUT2D eigenvalue weighted by molar-refractivity contribution is 9.10. The van der Waals surface area contributed by atoms with E-state index in [-0.39, 0.29) is 5.56 Å². The molecule has 0 fully saturated rings. The molecule has 3 aromatic rings. The Morgan fingerprint density at radius 1 is 1.25 bits per heavy atom. The highest BCUT2D eigenvalue weighted by atomic mass is 79.9. The summed E-state index contributed by atoms with van der Waals surface area (Å²) < 4.78 is 0.918. The minimum atomic E-state index is -0.928. The first kappa shape index (κ1) is 12.9. The number of aromatic nitrogens is 1. The number of hydrogen-bond acceptors (Lipinski definition) is 3. The van der Waals surface area contributed by atoms with Gasteiger partial charge in [0, 0.05) is 28.5 Å². The first-order chi connectivity index (χ1) is 9.61. The van der Waals surface area contributed by atoms with E-state index in [9.17, 15) is 4.79 Å². The summed E-state index contributed by atoms with van der Waals surface area (Å²) in [5.74, 6) is -0.153. The monoisotopic (exact) mass is 330 g/mol. The Balaban J connectivity index is 2.49. The van der Waals surface area contributed by atoms with Gasteiger partial charge in [-0.25, -0.2) is 9.78 Å². The number of nitrogens with one attached hydrogen (secondary N) is 1. The third-order valence-electron chi connectivity index (χ3n) is 3.30. The van der Waals surface area contributed by atoms with Crippen molar-refractivity contribution in [2.45, 2.75) is 0 Å². The molecule has 100 valence electrons. The maximum Gasteiger partial charge on any atom is 0.335 e. The number of benzene rings is 2. The molecule has 0 aliphatic carbocycles. The summed E-state index contributed by atoms with van der Waals surface area (Å²) in [5, 5.41) is 16.0. The molecule has 4 nitrogen and oxygen atoms in total. The lowest BCUT2D eigenvalue weighted by atomic mass is 10.0. The Hall–Kier alpha value is -2.14. The minimum absolute atomic E-state index is 0.277. The molecule has 20 heavy (non-hydrogen) atoms. The van der Waals surface area contributed by atoms with Gasteiger partial charge in [-0.2, -0.15) is 0 Å². The number of anilines is 1. The topological polar surface area (TPSA) is 62.2 Å². The molecule has 5 heteroatoms. The molecule has 1 heterocycles. The average molecular weight is 331 g/mol. The van der Waals surface area contributed by atoms with Gasteiger partial charge < -0.3 is 10.4 Å². The highest BCUT2D eigenvalue weighted by Gasteiger charge is 2.11. The Labute approximate surface area is 123 Å². The summed E-state index contributed by atoms with van der Waals surface area (Å²) in [6.45, 7) is 0. The van der Waals surface area contributed by atoms with E-state index in [1.54, 1.807) is 18.3 Å². The molecule has 1 aromatic heterocycles. The van der Waals surface area contributed by atoms with E-state index < -0.39 is 5.97 Å². The zero-order valence-electron chi connectivity index (χ0n) is 10.6. The van der Waals surface area contributed by atoms with Gasteiger partial charge in [0.05, 0.1) is 5.56 Å². The van der Waals surface area contributed by atoms with E-state index in [4.69, 9.17) is 5.11 Å². The largest absolute Gasteiger partial charge is 0.478 e. The number of carboxylic acids is 1. The van der Waals surface area contributed by atoms with Gasteiger partial charge >= 0.3 is 5.97 Å². The fraction of sp³-hybridized carbons (Fsp3) is 0.0667. The van der Waals surface area contributed by atoms with Crippen LogP contribution in [0.5, 0.6) is 0 Å². The number of nitrogens with zero attached hydrogens (tertiary/aromatic N) is 1. The normalized spacial score (nSPS) is 10.9. The maximum absolute atomic E-state index is 11.1. The Kier molecular flexibility index (Phi) is 3.06. The van der Waals surface area contributed by atoms with Crippen LogP contribution in [0.2, 0.25) is 0 Å². The van der Waals surface area contributed by atoms with Crippen molar-refractivity contribution >= 4 is 49.3 Å². The van der Waals surface area contributed by atoms with Gasteiger partial charge in [0.2, 0.25) is 0 Å². The molecule has 0 amide bonds. The number of carbonyl (C=O) groups is 1. The van der Waals surface area contributed by atoms with Crippen molar-refractivity contribution in [3.05, 3.63) is 46.6 Å². The maximum atomic E-state index is 11.1. The number of aromatic carboxylic acids is 1. The third-order valence-corrected chi connectivity index (χ3v) is 3.95. The van der Waals surface area contributed by atoms with E-state index in [1.165, 1.54) is 0 Å². The number of fused-ring (bicyclic) bond motifs is 3. The van der Waals surface area contributed by atoms with Gasteiger partial charge in [-0.05, 0) is 35.0 Å². The predicted octanol–water partition coefficient (Wildman–Crippen LogP) is 3.89. The Bertz CT molecular complexity index is 846. The van der Waals surface area contributed by atoms with Crippen LogP contribution in [-0.2, 0) is 0 Å². The number of pyridine rings is 1. The summed E-state index contributed by atoms with van der Waals surface area (Å²) >= 11 is 3.54. The van der Waals surface area contributed by atoms with Crippen molar-refractivity contribution < 1.29 is 9.90 Å². The molecule has 0 saturated heterocycles. The van der Waals surface area contributed by atoms with Crippen molar-refractivity contribution in [3.8, 4) is 0 Å². The molecule has 2 N–H and O–H groups in total. The predicted molar refractivity (Wildman–Crippen MR) is 83.5 cm³/mol. The first-order valence-electron chi connectivity index (χ1n) is 6.04. The number of halogens is 1. The molecule has 0 atom stereocenters. The van der Waals surface area contributed by atoms with Crippen LogP contribution in [0.4, 0.5) is 5.82 Å². The van der Waals surface area contributed by atoms with E-state index in [0.29, 0.717) is 0 Å². The van der Waals surface area contributed by atoms with E-state index >= 15 is 0 Å². The second-order valence-electron chi connectivity index (χ2n) is 4.43. The first-order valence-corrected chi connectivity index (χ1v) is 6.83. The number of rotatable bonds is 2. The molecule has 0 spiro atoms. The van der Waals surface area contributed by atoms with Gasteiger partial charge in [0.15, 0.2) is 0 Å². The fourth-order valence-electron chi connectivity index (χ4n) is 2.38. The summed E-state index contributed by atoms with van der Waals surface area (Å²) in [6.07, 6.45) is 1.75. The van der Waals surface area contributed by atoms with Crippen molar-refractivity contribution in [1.82, 2.24) is 4.98 Å². The van der Waals surface area contributed by atoms with Gasteiger partial charge in [-0.15, -0.1) is 0 Å². The lowest BCUT2D eigenvalue weighted by Crippen LogP contribution is -1.97. The van der Waals surface area contributed by atoms with Crippen LogP contribution in [0.3, 0.4) is 0 Å². The second-order valence-corrected chi connectivity index (χ2v) is 5.29. The van der Waals surface area contributed by atoms with E-state index in [1.807, 2.05) is 25.2 Å². The lowest BCUT2D eigenvalue weighted by Gasteiger charge is -2.10. The summed E-state index contributed by atoms with van der Waals surface area (Å²) in [7, 11) is 1.82. The molecule has 2 aromatic carbocycles. The van der Waals surface area contributed by atoms with Crippen LogP contribution in [0.25, 0.3) is 21.5 Å².